The van der Waals surface area contributed by atoms with Gasteiger partial charge in [-0.3, -0.25) is 0 Å². The summed E-state index contributed by atoms with van der Waals surface area (Å²) in [5.74, 6) is 0. The van der Waals surface area contributed by atoms with E-state index in [0.29, 0.717) is 0 Å². The van der Waals surface area contributed by atoms with Gasteiger partial charge in [0.05, 0.1) is 0 Å². The molecular formula is C56H34. The minimum atomic E-state index is 1.22. The number of fused-ring (bicyclic) bond motifs is 7. The minimum absolute atomic E-state index is 1.22. The summed E-state index contributed by atoms with van der Waals surface area (Å²) in [6, 6.07) is 76.5. The molecule has 0 saturated heterocycles. The largest absolute Gasteiger partial charge is 0.0622 e. The molecule has 56 heavy (non-hydrogen) atoms. The van der Waals surface area contributed by atoms with Gasteiger partial charge in [-0.05, 0) is 132 Å². The van der Waals surface area contributed by atoms with Crippen molar-refractivity contribution in [2.24, 2.45) is 0 Å². The quantitative estimate of drug-likeness (QED) is 0.126. The summed E-state index contributed by atoms with van der Waals surface area (Å²) >= 11 is 0. The van der Waals surface area contributed by atoms with Gasteiger partial charge < -0.3 is 0 Å². The van der Waals surface area contributed by atoms with Gasteiger partial charge in [-0.25, -0.2) is 0 Å². The zero-order chi connectivity index (χ0) is 36.7. The number of rotatable bonds is 4. The Labute approximate surface area is 324 Å². The normalized spacial score (nSPS) is 11.9. The first kappa shape index (κ1) is 31.1. The van der Waals surface area contributed by atoms with Crippen LogP contribution >= 0.6 is 0 Å². The van der Waals surface area contributed by atoms with Crippen LogP contribution in [-0.4, -0.2) is 0 Å². The first-order chi connectivity index (χ1) is 27.8. The maximum Gasteiger partial charge on any atom is -0.000740 e. The summed E-state index contributed by atoms with van der Waals surface area (Å²) < 4.78 is 0. The van der Waals surface area contributed by atoms with E-state index in [9.17, 15) is 0 Å². The van der Waals surface area contributed by atoms with Gasteiger partial charge in [0, 0.05) is 0 Å². The summed E-state index contributed by atoms with van der Waals surface area (Å²) in [5, 5.41) is 18.2. The van der Waals surface area contributed by atoms with Crippen LogP contribution in [0, 0.1) is 0 Å². The van der Waals surface area contributed by atoms with Crippen LogP contribution in [0.25, 0.3) is 120 Å². The van der Waals surface area contributed by atoms with Crippen molar-refractivity contribution in [1.82, 2.24) is 0 Å². The topological polar surface area (TPSA) is 0 Å². The van der Waals surface area contributed by atoms with Crippen LogP contribution in [0.4, 0.5) is 0 Å². The zero-order valence-corrected chi connectivity index (χ0v) is 30.6. The van der Waals surface area contributed by atoms with E-state index in [4.69, 9.17) is 0 Å². The van der Waals surface area contributed by atoms with Crippen LogP contribution in [0.5, 0.6) is 0 Å². The summed E-state index contributed by atoms with van der Waals surface area (Å²) in [6.45, 7) is 0. The standard InChI is InChI=1S/C56H34/c1-4-17-35(18-5-1)39-27-14-28-40-49(36-19-6-2-7-20-36)33-38(34-50(39)40)52-42-24-11-13-26-46(42)56-54-44(30-16-32-48(52)54)43-29-15-31-47-51(37-21-8-3-9-22-37)41-23-10-12-25-45(41)55(56)53(43)47/h1-34H. The highest BCUT2D eigenvalue weighted by molar-refractivity contribution is 6.45. The second-order valence-corrected chi connectivity index (χ2v) is 15.1. The molecule has 0 saturated carbocycles. The first-order valence-corrected chi connectivity index (χ1v) is 19.5. The van der Waals surface area contributed by atoms with Crippen molar-refractivity contribution in [3.63, 3.8) is 0 Å². The lowest BCUT2D eigenvalue weighted by molar-refractivity contribution is 1.62. The summed E-state index contributed by atoms with van der Waals surface area (Å²) in [7, 11) is 0. The Balaban J connectivity index is 1.29. The average molecular weight is 707 g/mol. The van der Waals surface area contributed by atoms with Gasteiger partial charge in [-0.1, -0.05) is 194 Å². The van der Waals surface area contributed by atoms with E-state index in [-0.39, 0.29) is 0 Å². The maximum atomic E-state index is 2.46. The summed E-state index contributed by atoms with van der Waals surface area (Å²) in [4.78, 5) is 0. The maximum absolute atomic E-state index is 2.46. The molecule has 0 fully saturated rings. The van der Waals surface area contributed by atoms with Gasteiger partial charge in [0.15, 0.2) is 0 Å². The van der Waals surface area contributed by atoms with Crippen molar-refractivity contribution in [3.8, 4) is 44.5 Å². The molecule has 0 amide bonds. The molecule has 0 bridgehead atoms. The molecule has 0 aliphatic heterocycles. The third-order valence-corrected chi connectivity index (χ3v) is 12.2. The minimum Gasteiger partial charge on any atom is -0.0622 e. The zero-order valence-electron chi connectivity index (χ0n) is 30.6. The number of hydrogen-bond donors (Lipinski definition) is 0. The SMILES string of the molecule is c1ccc(-c2cc(-c3c4ccccc4c4c5c3cccc5c3cccc5c(-c6ccccc6)c6ccccc6c4c53)cc3c(-c4ccccc4)cccc23)cc1. The molecule has 12 aromatic rings. The Hall–Kier alpha value is -7.28. The fourth-order valence-electron chi connectivity index (χ4n) is 9.91. The smallest absolute Gasteiger partial charge is 0.000740 e. The van der Waals surface area contributed by atoms with E-state index >= 15 is 0 Å². The fraction of sp³-hybridized carbons (Fsp3) is 0. The Morgan fingerprint density at radius 3 is 1.11 bits per heavy atom. The van der Waals surface area contributed by atoms with Crippen molar-refractivity contribution in [2.45, 2.75) is 0 Å². The van der Waals surface area contributed by atoms with E-state index in [1.54, 1.807) is 0 Å². The van der Waals surface area contributed by atoms with Crippen LogP contribution in [0.15, 0.2) is 206 Å². The van der Waals surface area contributed by atoms with Crippen molar-refractivity contribution in [3.05, 3.63) is 206 Å². The van der Waals surface area contributed by atoms with Crippen molar-refractivity contribution in [2.75, 3.05) is 0 Å². The monoisotopic (exact) mass is 706 g/mol. The molecule has 0 aliphatic carbocycles. The molecule has 0 heteroatoms. The third-order valence-electron chi connectivity index (χ3n) is 12.2. The summed E-state index contributed by atoms with van der Waals surface area (Å²) in [6.07, 6.45) is 0. The van der Waals surface area contributed by atoms with Gasteiger partial charge in [0.2, 0.25) is 0 Å². The molecule has 0 aromatic heterocycles. The molecule has 12 aromatic carbocycles. The van der Waals surface area contributed by atoms with Crippen LogP contribution in [0.3, 0.4) is 0 Å². The molecule has 0 heterocycles. The predicted octanol–water partition coefficient (Wildman–Crippen LogP) is 15.9. The third kappa shape index (κ3) is 4.42. The number of benzene rings is 12. The van der Waals surface area contributed by atoms with Crippen LogP contribution in [0.2, 0.25) is 0 Å². The van der Waals surface area contributed by atoms with Crippen molar-refractivity contribution in [1.29, 1.82) is 0 Å². The lowest BCUT2D eigenvalue weighted by Gasteiger charge is -2.23. The summed E-state index contributed by atoms with van der Waals surface area (Å²) in [5.41, 5.74) is 10.00. The highest BCUT2D eigenvalue weighted by Gasteiger charge is 2.24. The van der Waals surface area contributed by atoms with Crippen molar-refractivity contribution < 1.29 is 0 Å². The Morgan fingerprint density at radius 1 is 0.179 bits per heavy atom. The fourth-order valence-corrected chi connectivity index (χ4v) is 9.91. The van der Waals surface area contributed by atoms with Crippen LogP contribution in [0.1, 0.15) is 0 Å². The Kier molecular flexibility index (Phi) is 6.73. The highest BCUT2D eigenvalue weighted by atomic mass is 14.3. The van der Waals surface area contributed by atoms with Crippen LogP contribution < -0.4 is 0 Å². The number of hydrogen-bond acceptors (Lipinski definition) is 0. The average Bonchev–Trinajstić information content (AvgIpc) is 3.27. The van der Waals surface area contributed by atoms with E-state index in [1.165, 1.54) is 120 Å². The highest BCUT2D eigenvalue weighted by Crippen LogP contribution is 2.52. The lowest BCUT2D eigenvalue weighted by atomic mass is 9.79. The molecule has 0 nitrogen and oxygen atoms in total. The second kappa shape index (κ2) is 12.1. The van der Waals surface area contributed by atoms with Gasteiger partial charge in [-0.15, -0.1) is 0 Å². The predicted molar refractivity (Wildman–Crippen MR) is 242 cm³/mol. The van der Waals surface area contributed by atoms with Gasteiger partial charge >= 0.3 is 0 Å². The van der Waals surface area contributed by atoms with E-state index < -0.39 is 0 Å². The van der Waals surface area contributed by atoms with E-state index in [0.717, 1.165) is 0 Å². The Morgan fingerprint density at radius 2 is 0.554 bits per heavy atom. The van der Waals surface area contributed by atoms with E-state index in [1.807, 2.05) is 0 Å². The van der Waals surface area contributed by atoms with Crippen LogP contribution in [-0.2, 0) is 0 Å². The molecule has 0 radical (unpaired) electrons. The molecule has 258 valence electrons. The molecule has 0 unspecified atom stereocenters. The molecular weight excluding hydrogens is 673 g/mol. The molecule has 0 spiro atoms. The second-order valence-electron chi connectivity index (χ2n) is 15.1. The molecule has 0 N–H and O–H groups in total. The van der Waals surface area contributed by atoms with Gasteiger partial charge in [0.25, 0.3) is 0 Å². The van der Waals surface area contributed by atoms with Gasteiger partial charge in [0.1, 0.15) is 0 Å². The van der Waals surface area contributed by atoms with E-state index in [2.05, 4.69) is 206 Å². The Bertz CT molecular complexity index is 3490. The van der Waals surface area contributed by atoms with Crippen molar-refractivity contribution >= 4 is 75.4 Å². The first-order valence-electron chi connectivity index (χ1n) is 19.5. The molecule has 12 rings (SSSR count). The van der Waals surface area contributed by atoms with Gasteiger partial charge in [-0.2, -0.15) is 0 Å². The molecule has 0 aliphatic rings. The molecule has 0 atom stereocenters. The lowest BCUT2D eigenvalue weighted by Crippen LogP contribution is -1.95.